The maximum Gasteiger partial charge on any atom is 0.127 e. The van der Waals surface area contributed by atoms with Crippen molar-refractivity contribution >= 4 is 0 Å². The summed E-state index contributed by atoms with van der Waals surface area (Å²) in [7, 11) is 3.91. The fraction of sp³-hybridized carbons (Fsp3) is 0.571. The van der Waals surface area contributed by atoms with Crippen molar-refractivity contribution < 1.29 is 8.78 Å². The topological polar surface area (TPSA) is 15.3 Å². The van der Waals surface area contributed by atoms with E-state index in [1.807, 2.05) is 14.1 Å². The minimum atomic E-state index is -0.379. The van der Waals surface area contributed by atoms with Crippen LogP contribution in [0.25, 0.3) is 0 Å². The molecule has 100 valence electrons. The lowest BCUT2D eigenvalue weighted by atomic mass is 10.1. The Bertz CT molecular complexity index is 416. The highest BCUT2D eigenvalue weighted by atomic mass is 19.1. The maximum atomic E-state index is 13.5. The smallest absolute Gasteiger partial charge is 0.127 e. The molecule has 0 aliphatic heterocycles. The average molecular weight is 254 g/mol. The number of nitrogens with zero attached hydrogens (tertiary/aromatic N) is 1. The van der Waals surface area contributed by atoms with Crippen LogP contribution in [-0.4, -0.2) is 32.1 Å². The molecule has 0 spiro atoms. The molecule has 0 heterocycles. The monoisotopic (exact) mass is 254 g/mol. The summed E-state index contributed by atoms with van der Waals surface area (Å²) in [6, 6.07) is 3.63. The van der Waals surface area contributed by atoms with Crippen LogP contribution in [-0.2, 0) is 6.54 Å². The summed E-state index contributed by atoms with van der Waals surface area (Å²) in [5.74, 6) is -0.710. The van der Waals surface area contributed by atoms with Gasteiger partial charge in [0.15, 0.2) is 0 Å². The van der Waals surface area contributed by atoms with Crippen molar-refractivity contribution in [1.29, 1.82) is 0 Å². The Morgan fingerprint density at radius 1 is 1.33 bits per heavy atom. The van der Waals surface area contributed by atoms with Gasteiger partial charge in [-0.15, -0.1) is 0 Å². The Morgan fingerprint density at radius 3 is 2.67 bits per heavy atom. The Morgan fingerprint density at radius 2 is 2.06 bits per heavy atom. The summed E-state index contributed by atoms with van der Waals surface area (Å²) >= 11 is 0. The Balaban J connectivity index is 1.94. The molecule has 0 saturated heterocycles. The summed E-state index contributed by atoms with van der Waals surface area (Å²) in [6.45, 7) is 2.36. The van der Waals surface area contributed by atoms with Crippen molar-refractivity contribution in [2.75, 3.05) is 27.2 Å². The molecule has 1 aromatic carbocycles. The molecule has 18 heavy (non-hydrogen) atoms. The third-order valence-corrected chi connectivity index (χ3v) is 3.56. The summed E-state index contributed by atoms with van der Waals surface area (Å²) in [6.07, 6.45) is 2.42. The van der Waals surface area contributed by atoms with Crippen LogP contribution < -0.4 is 5.32 Å². The van der Waals surface area contributed by atoms with Crippen LogP contribution in [0.3, 0.4) is 0 Å². The first kappa shape index (κ1) is 13.4. The fourth-order valence-corrected chi connectivity index (χ4v) is 2.53. The molecular weight excluding hydrogens is 234 g/mol. The van der Waals surface area contributed by atoms with Gasteiger partial charge in [-0.3, -0.25) is 0 Å². The van der Waals surface area contributed by atoms with Crippen molar-refractivity contribution in [2.45, 2.75) is 19.4 Å². The standard InChI is InChI=1S/C14H20F2N2/c1-17-9-14(5-6-14)10-18(2)8-11-7-12(15)3-4-13(11)16/h3-4,7,17H,5-6,8-10H2,1-2H3. The zero-order chi connectivity index (χ0) is 13.2. The molecule has 0 unspecified atom stereocenters. The molecule has 0 bridgehead atoms. The van der Waals surface area contributed by atoms with E-state index in [0.29, 0.717) is 17.5 Å². The second kappa shape index (κ2) is 5.33. The molecule has 0 aromatic heterocycles. The fourth-order valence-electron chi connectivity index (χ4n) is 2.53. The van der Waals surface area contributed by atoms with Crippen LogP contribution in [0.15, 0.2) is 18.2 Å². The van der Waals surface area contributed by atoms with Gasteiger partial charge in [0.25, 0.3) is 0 Å². The van der Waals surface area contributed by atoms with E-state index in [2.05, 4.69) is 10.2 Å². The molecule has 1 aromatic rings. The van der Waals surface area contributed by atoms with Crippen molar-refractivity contribution in [1.82, 2.24) is 10.2 Å². The van der Waals surface area contributed by atoms with Gasteiger partial charge in [-0.1, -0.05) is 0 Å². The molecule has 2 rings (SSSR count). The Kier molecular flexibility index (Phi) is 3.97. The number of nitrogens with one attached hydrogen (secondary N) is 1. The SMILES string of the molecule is CNCC1(CN(C)Cc2cc(F)ccc2F)CC1. The van der Waals surface area contributed by atoms with Gasteiger partial charge in [-0.2, -0.15) is 0 Å². The van der Waals surface area contributed by atoms with Gasteiger partial charge in [-0.25, -0.2) is 8.78 Å². The molecule has 1 N–H and O–H groups in total. The predicted octanol–water partition coefficient (Wildman–Crippen LogP) is 2.40. The molecular formula is C14H20F2N2. The number of halogens is 2. The number of hydrogen-bond donors (Lipinski definition) is 1. The van der Waals surface area contributed by atoms with Crippen LogP contribution in [0, 0.1) is 17.0 Å². The van der Waals surface area contributed by atoms with Gasteiger partial charge in [0.2, 0.25) is 0 Å². The first-order valence-electron chi connectivity index (χ1n) is 6.32. The van der Waals surface area contributed by atoms with Crippen molar-refractivity contribution in [3.8, 4) is 0 Å². The van der Waals surface area contributed by atoms with Crippen molar-refractivity contribution in [2.24, 2.45) is 5.41 Å². The third-order valence-electron chi connectivity index (χ3n) is 3.56. The van der Waals surface area contributed by atoms with Gasteiger partial charge in [0.1, 0.15) is 11.6 Å². The van der Waals surface area contributed by atoms with Gasteiger partial charge in [0.05, 0.1) is 0 Å². The first-order valence-corrected chi connectivity index (χ1v) is 6.32. The summed E-state index contributed by atoms with van der Waals surface area (Å²) in [5, 5.41) is 3.20. The highest BCUT2D eigenvalue weighted by Gasteiger charge is 2.42. The molecule has 0 amide bonds. The molecule has 0 atom stereocenters. The highest BCUT2D eigenvalue weighted by Crippen LogP contribution is 2.45. The maximum absolute atomic E-state index is 13.5. The zero-order valence-corrected chi connectivity index (χ0v) is 11.0. The van der Waals surface area contributed by atoms with Crippen LogP contribution in [0.2, 0.25) is 0 Å². The van der Waals surface area contributed by atoms with Crippen LogP contribution in [0.1, 0.15) is 18.4 Å². The first-order chi connectivity index (χ1) is 8.54. The number of rotatable bonds is 6. The van der Waals surface area contributed by atoms with E-state index in [9.17, 15) is 8.78 Å². The van der Waals surface area contributed by atoms with Crippen LogP contribution in [0.5, 0.6) is 0 Å². The molecule has 2 nitrogen and oxygen atoms in total. The summed E-state index contributed by atoms with van der Waals surface area (Å²) in [4.78, 5) is 2.07. The summed E-state index contributed by atoms with van der Waals surface area (Å²) in [5.41, 5.74) is 0.769. The minimum absolute atomic E-state index is 0.332. The van der Waals surface area contributed by atoms with E-state index < -0.39 is 0 Å². The van der Waals surface area contributed by atoms with Gasteiger partial charge in [0, 0.05) is 25.2 Å². The normalized spacial score (nSPS) is 17.2. The average Bonchev–Trinajstić information content (AvgIpc) is 3.03. The quantitative estimate of drug-likeness (QED) is 0.838. The lowest BCUT2D eigenvalue weighted by Crippen LogP contribution is -2.32. The molecule has 0 radical (unpaired) electrons. The molecule has 1 aliphatic rings. The van der Waals surface area contributed by atoms with E-state index in [1.54, 1.807) is 0 Å². The minimum Gasteiger partial charge on any atom is -0.319 e. The lowest BCUT2D eigenvalue weighted by molar-refractivity contribution is 0.249. The van der Waals surface area contributed by atoms with Crippen molar-refractivity contribution in [3.63, 3.8) is 0 Å². The Labute approximate surface area is 107 Å². The van der Waals surface area contributed by atoms with Crippen LogP contribution >= 0.6 is 0 Å². The summed E-state index contributed by atoms with van der Waals surface area (Å²) < 4.78 is 26.6. The highest BCUT2D eigenvalue weighted by molar-refractivity contribution is 5.18. The largest absolute Gasteiger partial charge is 0.319 e. The van der Waals surface area contributed by atoms with E-state index >= 15 is 0 Å². The van der Waals surface area contributed by atoms with Gasteiger partial charge >= 0.3 is 0 Å². The second-order valence-corrected chi connectivity index (χ2v) is 5.44. The number of benzene rings is 1. The van der Waals surface area contributed by atoms with E-state index in [1.165, 1.54) is 25.0 Å². The zero-order valence-electron chi connectivity index (χ0n) is 11.0. The molecule has 1 aliphatic carbocycles. The van der Waals surface area contributed by atoms with E-state index in [4.69, 9.17) is 0 Å². The van der Waals surface area contributed by atoms with Gasteiger partial charge in [-0.05, 0) is 50.6 Å². The second-order valence-electron chi connectivity index (χ2n) is 5.44. The van der Waals surface area contributed by atoms with E-state index in [0.717, 1.165) is 19.2 Å². The van der Waals surface area contributed by atoms with Gasteiger partial charge < -0.3 is 10.2 Å². The Hall–Kier alpha value is -1.00. The molecule has 4 heteroatoms. The molecule has 1 fully saturated rings. The lowest BCUT2D eigenvalue weighted by Gasteiger charge is -2.23. The number of hydrogen-bond acceptors (Lipinski definition) is 2. The van der Waals surface area contributed by atoms with E-state index in [-0.39, 0.29) is 11.6 Å². The van der Waals surface area contributed by atoms with Crippen molar-refractivity contribution in [3.05, 3.63) is 35.4 Å². The van der Waals surface area contributed by atoms with Crippen LogP contribution in [0.4, 0.5) is 8.78 Å². The predicted molar refractivity (Wildman–Crippen MR) is 68.3 cm³/mol. The molecule has 1 saturated carbocycles. The third kappa shape index (κ3) is 3.27.